The standard InChI is InChI=1S/C12H12F3N5O2S/c13-12(14,15)9-3-5-19(17-9)8-2-1-4-18(7-8)11-16-6-10(23-11)20(21)22/h3,5-6,8H,1-2,4,7H2. The summed E-state index contributed by atoms with van der Waals surface area (Å²) in [6.45, 7) is 1.08. The van der Waals surface area contributed by atoms with Crippen LogP contribution in [0.1, 0.15) is 24.6 Å². The van der Waals surface area contributed by atoms with E-state index in [4.69, 9.17) is 0 Å². The molecule has 2 aromatic rings. The number of thiazole rings is 1. The fraction of sp³-hybridized carbons (Fsp3) is 0.500. The Morgan fingerprint density at radius 3 is 2.83 bits per heavy atom. The minimum atomic E-state index is -4.46. The Morgan fingerprint density at radius 2 is 2.22 bits per heavy atom. The lowest BCUT2D eigenvalue weighted by Crippen LogP contribution is -2.36. The van der Waals surface area contributed by atoms with E-state index in [1.807, 2.05) is 4.90 Å². The zero-order valence-electron chi connectivity index (χ0n) is 11.7. The highest BCUT2D eigenvalue weighted by Crippen LogP contribution is 2.33. The van der Waals surface area contributed by atoms with Crippen molar-refractivity contribution in [3.63, 3.8) is 0 Å². The van der Waals surface area contributed by atoms with Crippen LogP contribution < -0.4 is 4.90 Å². The first-order valence-electron chi connectivity index (χ1n) is 6.82. The molecule has 0 saturated carbocycles. The maximum absolute atomic E-state index is 12.6. The molecule has 0 radical (unpaired) electrons. The second-order valence-corrected chi connectivity index (χ2v) is 6.15. The van der Waals surface area contributed by atoms with Gasteiger partial charge in [-0.3, -0.25) is 14.8 Å². The summed E-state index contributed by atoms with van der Waals surface area (Å²) in [4.78, 5) is 16.1. The molecular formula is C12H12F3N5O2S. The monoisotopic (exact) mass is 347 g/mol. The highest BCUT2D eigenvalue weighted by atomic mass is 32.1. The second kappa shape index (κ2) is 5.80. The topological polar surface area (TPSA) is 77.1 Å². The SMILES string of the molecule is O=[N+]([O-])c1cnc(N2CCCC(n3ccc(C(F)(F)F)n3)C2)s1. The van der Waals surface area contributed by atoms with Gasteiger partial charge in [-0.2, -0.15) is 18.3 Å². The van der Waals surface area contributed by atoms with E-state index in [2.05, 4.69) is 10.1 Å². The van der Waals surface area contributed by atoms with Gasteiger partial charge < -0.3 is 4.90 Å². The van der Waals surface area contributed by atoms with E-state index in [0.717, 1.165) is 23.8 Å². The third-order valence-corrected chi connectivity index (χ3v) is 4.61. The number of anilines is 1. The molecule has 1 fully saturated rings. The molecular weight excluding hydrogens is 335 g/mol. The van der Waals surface area contributed by atoms with Gasteiger partial charge in [0.2, 0.25) is 0 Å². The third-order valence-electron chi connectivity index (χ3n) is 3.60. The Kier molecular flexibility index (Phi) is 3.96. The molecule has 124 valence electrons. The second-order valence-electron chi connectivity index (χ2n) is 5.16. The Morgan fingerprint density at radius 1 is 1.43 bits per heavy atom. The predicted molar refractivity (Wildman–Crippen MR) is 76.5 cm³/mol. The van der Waals surface area contributed by atoms with Crippen LogP contribution in [-0.2, 0) is 6.18 Å². The Bertz CT molecular complexity index is 714. The number of piperidine rings is 1. The molecule has 7 nitrogen and oxygen atoms in total. The normalized spacial score (nSPS) is 19.1. The summed E-state index contributed by atoms with van der Waals surface area (Å²) >= 11 is 0.960. The largest absolute Gasteiger partial charge is 0.435 e. The van der Waals surface area contributed by atoms with Crippen LogP contribution in [0.5, 0.6) is 0 Å². The van der Waals surface area contributed by atoms with Crippen molar-refractivity contribution in [3.8, 4) is 0 Å². The van der Waals surface area contributed by atoms with Crippen LogP contribution in [0.15, 0.2) is 18.5 Å². The molecule has 0 N–H and O–H groups in total. The van der Waals surface area contributed by atoms with E-state index >= 15 is 0 Å². The highest BCUT2D eigenvalue weighted by molar-refractivity contribution is 7.18. The molecule has 0 aromatic carbocycles. The number of nitrogens with zero attached hydrogens (tertiary/aromatic N) is 5. The van der Waals surface area contributed by atoms with E-state index in [1.165, 1.54) is 17.1 Å². The summed E-state index contributed by atoms with van der Waals surface area (Å²) in [5.41, 5.74) is -0.917. The fourth-order valence-electron chi connectivity index (χ4n) is 2.52. The number of halogens is 3. The number of aromatic nitrogens is 3. The Hall–Kier alpha value is -2.17. The molecule has 0 spiro atoms. The number of alkyl halides is 3. The van der Waals surface area contributed by atoms with E-state index in [1.54, 1.807) is 0 Å². The first kappa shape index (κ1) is 15.7. The quantitative estimate of drug-likeness (QED) is 0.630. The maximum atomic E-state index is 12.6. The van der Waals surface area contributed by atoms with Gasteiger partial charge in [0.25, 0.3) is 0 Å². The molecule has 0 bridgehead atoms. The van der Waals surface area contributed by atoms with Crippen molar-refractivity contribution in [3.05, 3.63) is 34.3 Å². The van der Waals surface area contributed by atoms with E-state index < -0.39 is 16.8 Å². The minimum absolute atomic E-state index is 0.0550. The fourth-order valence-corrected chi connectivity index (χ4v) is 3.29. The van der Waals surface area contributed by atoms with Crippen LogP contribution in [0.25, 0.3) is 0 Å². The molecule has 0 amide bonds. The summed E-state index contributed by atoms with van der Waals surface area (Å²) in [6, 6.07) is 0.732. The van der Waals surface area contributed by atoms with Crippen molar-refractivity contribution in [2.75, 3.05) is 18.0 Å². The first-order valence-corrected chi connectivity index (χ1v) is 7.64. The molecule has 3 heterocycles. The summed E-state index contributed by atoms with van der Waals surface area (Å²) in [5.74, 6) is 0. The number of hydrogen-bond donors (Lipinski definition) is 0. The average molecular weight is 347 g/mol. The Labute approximate surface area is 132 Å². The van der Waals surface area contributed by atoms with Gasteiger partial charge in [0.1, 0.15) is 6.20 Å². The van der Waals surface area contributed by atoms with Crippen molar-refractivity contribution in [1.29, 1.82) is 0 Å². The van der Waals surface area contributed by atoms with Gasteiger partial charge in [-0.15, -0.1) is 0 Å². The lowest BCUT2D eigenvalue weighted by Gasteiger charge is -2.32. The molecule has 1 aliphatic rings. The van der Waals surface area contributed by atoms with Crippen molar-refractivity contribution < 1.29 is 18.1 Å². The van der Waals surface area contributed by atoms with E-state index in [9.17, 15) is 23.3 Å². The van der Waals surface area contributed by atoms with Gasteiger partial charge in [0.15, 0.2) is 10.8 Å². The number of rotatable bonds is 3. The van der Waals surface area contributed by atoms with Gasteiger partial charge in [-0.05, 0) is 30.2 Å². The zero-order chi connectivity index (χ0) is 16.6. The summed E-state index contributed by atoms with van der Waals surface area (Å²) < 4.78 is 39.2. The lowest BCUT2D eigenvalue weighted by atomic mass is 10.1. The molecule has 3 rings (SSSR count). The van der Waals surface area contributed by atoms with Crippen LogP contribution in [0.3, 0.4) is 0 Å². The Balaban J connectivity index is 1.75. The van der Waals surface area contributed by atoms with Gasteiger partial charge in [-0.25, -0.2) is 4.98 Å². The maximum Gasteiger partial charge on any atom is 0.435 e. The van der Waals surface area contributed by atoms with E-state index in [0.29, 0.717) is 24.6 Å². The molecule has 11 heteroatoms. The lowest BCUT2D eigenvalue weighted by molar-refractivity contribution is -0.380. The first-order chi connectivity index (χ1) is 10.8. The molecule has 1 aliphatic heterocycles. The van der Waals surface area contributed by atoms with Crippen molar-refractivity contribution in [2.45, 2.75) is 25.1 Å². The van der Waals surface area contributed by atoms with Crippen LogP contribution >= 0.6 is 11.3 Å². The molecule has 23 heavy (non-hydrogen) atoms. The van der Waals surface area contributed by atoms with E-state index in [-0.39, 0.29) is 11.0 Å². The predicted octanol–water partition coefficient (Wildman–Crippen LogP) is 3.11. The van der Waals surface area contributed by atoms with Crippen LogP contribution in [0.2, 0.25) is 0 Å². The summed E-state index contributed by atoms with van der Waals surface area (Å²) in [7, 11) is 0. The minimum Gasteiger partial charge on any atom is -0.346 e. The summed E-state index contributed by atoms with van der Waals surface area (Å²) in [5, 5.41) is 14.8. The highest BCUT2D eigenvalue weighted by Gasteiger charge is 2.34. The van der Waals surface area contributed by atoms with Gasteiger partial charge >= 0.3 is 11.2 Å². The number of nitro groups is 1. The molecule has 1 saturated heterocycles. The van der Waals surface area contributed by atoms with Crippen LogP contribution in [0, 0.1) is 10.1 Å². The number of hydrogen-bond acceptors (Lipinski definition) is 6. The van der Waals surface area contributed by atoms with Gasteiger partial charge in [0, 0.05) is 19.3 Å². The van der Waals surface area contributed by atoms with Crippen molar-refractivity contribution >= 4 is 21.5 Å². The molecule has 1 atom stereocenters. The smallest absolute Gasteiger partial charge is 0.346 e. The third kappa shape index (κ3) is 3.28. The van der Waals surface area contributed by atoms with Gasteiger partial charge in [0.05, 0.1) is 11.0 Å². The van der Waals surface area contributed by atoms with Gasteiger partial charge in [-0.1, -0.05) is 0 Å². The zero-order valence-corrected chi connectivity index (χ0v) is 12.5. The van der Waals surface area contributed by atoms with Crippen molar-refractivity contribution in [1.82, 2.24) is 14.8 Å². The molecule has 1 unspecified atom stereocenters. The average Bonchev–Trinajstić information content (AvgIpc) is 3.16. The molecule has 2 aromatic heterocycles. The molecule has 0 aliphatic carbocycles. The van der Waals surface area contributed by atoms with Crippen LogP contribution in [0.4, 0.5) is 23.3 Å². The van der Waals surface area contributed by atoms with Crippen LogP contribution in [-0.4, -0.2) is 32.8 Å². The summed E-state index contributed by atoms with van der Waals surface area (Å²) in [6.07, 6.45) is -0.502. The van der Waals surface area contributed by atoms with Crippen molar-refractivity contribution in [2.24, 2.45) is 0 Å².